The first-order valence-corrected chi connectivity index (χ1v) is 17.4. The van der Waals surface area contributed by atoms with Crippen LogP contribution in [0.2, 0.25) is 0 Å². The number of nitrogens with zero attached hydrogens (tertiary/aromatic N) is 3. The maximum Gasteiger partial charge on any atom is 0.418 e. The van der Waals surface area contributed by atoms with Crippen molar-refractivity contribution in [1.29, 1.82) is 0 Å². The summed E-state index contributed by atoms with van der Waals surface area (Å²) in [7, 11) is 5.75. The molecule has 0 fully saturated rings. The Balaban J connectivity index is 1.42. The zero-order chi connectivity index (χ0) is 37.6. The summed E-state index contributed by atoms with van der Waals surface area (Å²) in [6.45, 7) is 0. The number of carbonyl (C=O) groups is 3. The minimum Gasteiger partial charge on any atom is -0.357 e. The zero-order valence-corrected chi connectivity index (χ0v) is 30.2. The Kier molecular flexibility index (Phi) is 10.1. The molecule has 3 aromatic heterocycles. The minimum absolute atomic E-state index is 0.265. The molecule has 9 heteroatoms. The van der Waals surface area contributed by atoms with Gasteiger partial charge < -0.3 is 13.7 Å². The Morgan fingerprint density at radius 3 is 0.870 bits per heavy atom. The van der Waals surface area contributed by atoms with E-state index in [2.05, 4.69) is 15.0 Å². The summed E-state index contributed by atoms with van der Waals surface area (Å²) >= 11 is 0. The molecule has 0 saturated carbocycles. The van der Waals surface area contributed by atoms with Crippen LogP contribution >= 0.6 is 0 Å². The predicted molar refractivity (Wildman–Crippen MR) is 204 cm³/mol. The van der Waals surface area contributed by atoms with Crippen LogP contribution in [0.1, 0.15) is 31.1 Å². The van der Waals surface area contributed by atoms with E-state index >= 15 is 0 Å². The van der Waals surface area contributed by atoms with Crippen molar-refractivity contribution < 1.29 is 29.4 Å². The van der Waals surface area contributed by atoms with Crippen LogP contribution in [-0.2, 0) is 21.1 Å². The molecular weight excluding hydrogens is 673 g/mol. The van der Waals surface area contributed by atoms with Gasteiger partial charge in [0.15, 0.2) is 0 Å². The van der Waals surface area contributed by atoms with E-state index in [9.17, 15) is 14.4 Å². The van der Waals surface area contributed by atoms with Gasteiger partial charge >= 0.3 is 17.7 Å². The molecule has 0 aliphatic heterocycles. The molecule has 7 aromatic rings. The molecule has 3 N–H and O–H groups in total. The van der Waals surface area contributed by atoms with Crippen LogP contribution in [-0.4, -0.2) is 31.4 Å². The minimum atomic E-state index is -0.265. The van der Waals surface area contributed by atoms with Crippen LogP contribution in [0.4, 0.5) is 0 Å². The largest absolute Gasteiger partial charge is 0.418 e. The van der Waals surface area contributed by atoms with E-state index in [4.69, 9.17) is 0 Å². The molecule has 4 aromatic carbocycles. The molecule has 264 valence electrons. The molecule has 3 amide bonds. The maximum absolute atomic E-state index is 13.9. The van der Waals surface area contributed by atoms with Gasteiger partial charge in [0.2, 0.25) is 16.1 Å². The summed E-state index contributed by atoms with van der Waals surface area (Å²) in [6.07, 6.45) is 11.2. The van der Waals surface area contributed by atoms with E-state index in [0.717, 1.165) is 16.7 Å². The number of amides is 3. The van der Waals surface area contributed by atoms with Gasteiger partial charge in [-0.25, -0.2) is 14.4 Å². The first-order valence-electron chi connectivity index (χ1n) is 17.4. The van der Waals surface area contributed by atoms with Crippen molar-refractivity contribution in [2.75, 3.05) is 0 Å². The van der Waals surface area contributed by atoms with Crippen LogP contribution < -0.4 is 31.0 Å². The number of carbonyl (C=O) groups excluding carboxylic acids is 3. The Morgan fingerprint density at radius 1 is 0.370 bits per heavy atom. The second kappa shape index (κ2) is 15.5. The third kappa shape index (κ3) is 7.95. The van der Waals surface area contributed by atoms with Gasteiger partial charge in [-0.2, -0.15) is 15.0 Å². The lowest BCUT2D eigenvalue weighted by Gasteiger charge is -2.14. The molecule has 0 aliphatic rings. The van der Waals surface area contributed by atoms with Gasteiger partial charge in [-0.05, 0) is 69.8 Å². The molecule has 0 bridgehead atoms. The van der Waals surface area contributed by atoms with Crippen molar-refractivity contribution in [3.63, 3.8) is 0 Å². The SMILES string of the molecule is Cn1ccc(=[NH+]C(=O)c2ccccc2-c2cc(-c3ccccc3C(=O)[NH+]=c3ccn(C)cc3)cc(-c3ccccc3C(=O)[NH+]=c3ccn(C)cc3)c2)cc1. The summed E-state index contributed by atoms with van der Waals surface area (Å²) in [4.78, 5) is 50.6. The molecular formula is C45H39N6O3+3. The second-order valence-corrected chi connectivity index (χ2v) is 13.1. The molecule has 9 nitrogen and oxygen atoms in total. The topological polar surface area (TPSA) is 108 Å². The average Bonchev–Trinajstić information content (AvgIpc) is 3.20. The Labute approximate surface area is 311 Å². The number of nitrogens with one attached hydrogen (secondary N) is 3. The summed E-state index contributed by atoms with van der Waals surface area (Å²) in [5.41, 5.74) is 5.71. The lowest BCUT2D eigenvalue weighted by molar-refractivity contribution is -0.391. The molecule has 0 atom stereocenters. The number of pyridine rings is 3. The molecule has 0 radical (unpaired) electrons. The highest BCUT2D eigenvalue weighted by molar-refractivity contribution is 6.00. The van der Waals surface area contributed by atoms with E-state index in [1.54, 1.807) is 18.2 Å². The van der Waals surface area contributed by atoms with E-state index in [-0.39, 0.29) is 17.7 Å². The van der Waals surface area contributed by atoms with Crippen LogP contribution in [0, 0.1) is 0 Å². The number of aromatic nitrogens is 3. The van der Waals surface area contributed by atoms with Gasteiger partial charge in [-0.3, -0.25) is 0 Å². The van der Waals surface area contributed by atoms with Gasteiger partial charge in [0.1, 0.15) is 0 Å². The molecule has 0 spiro atoms. The monoisotopic (exact) mass is 711 g/mol. The summed E-state index contributed by atoms with van der Waals surface area (Å²) in [6, 6.07) is 39.3. The first-order chi connectivity index (χ1) is 26.2. The van der Waals surface area contributed by atoms with Crippen molar-refractivity contribution in [3.05, 3.63) is 197 Å². The van der Waals surface area contributed by atoms with Gasteiger partial charge in [0, 0.05) is 94.7 Å². The predicted octanol–water partition coefficient (Wildman–Crippen LogP) is 1.17. The average molecular weight is 712 g/mol. The lowest BCUT2D eigenvalue weighted by Crippen LogP contribution is -2.80. The van der Waals surface area contributed by atoms with Crippen LogP contribution in [0.5, 0.6) is 0 Å². The second-order valence-electron chi connectivity index (χ2n) is 13.1. The standard InChI is InChI=1S/C45H36N6O3/c1-49-22-16-34(17-23-49)46-43(52)40-13-7-4-10-37(40)31-28-32(38-11-5-8-14-41(38)44(53)47-35-18-24-50(2)25-19-35)30-33(29-31)39-12-6-9-15-42(39)45(54)48-36-20-26-51(3)27-21-36/h4-30H,1-3H3/p+3. The Hall–Kier alpha value is -7.26. The van der Waals surface area contributed by atoms with E-state index in [1.165, 1.54) is 0 Å². The number of hydrogen-bond donors (Lipinski definition) is 3. The highest BCUT2D eigenvalue weighted by Gasteiger charge is 2.23. The fraction of sp³-hybridized carbons (Fsp3) is 0.0667. The molecule has 7 rings (SSSR count). The summed E-state index contributed by atoms with van der Waals surface area (Å²) in [5, 5.41) is 2.00. The lowest BCUT2D eigenvalue weighted by atomic mass is 9.88. The fourth-order valence-corrected chi connectivity index (χ4v) is 6.24. The molecule has 0 unspecified atom stereocenters. The number of benzene rings is 4. The van der Waals surface area contributed by atoms with Crippen LogP contribution in [0.3, 0.4) is 0 Å². The van der Waals surface area contributed by atoms with Crippen LogP contribution in [0.15, 0.2) is 165 Å². The third-order valence-corrected chi connectivity index (χ3v) is 9.09. The van der Waals surface area contributed by atoms with Gasteiger partial charge in [-0.1, -0.05) is 54.6 Å². The van der Waals surface area contributed by atoms with E-state index in [0.29, 0.717) is 49.5 Å². The van der Waals surface area contributed by atoms with Gasteiger partial charge in [0.25, 0.3) is 0 Å². The van der Waals surface area contributed by atoms with E-state index in [1.807, 2.05) is 181 Å². The van der Waals surface area contributed by atoms with E-state index < -0.39 is 0 Å². The molecule has 54 heavy (non-hydrogen) atoms. The van der Waals surface area contributed by atoms with Gasteiger partial charge in [0.05, 0.1) is 16.7 Å². The number of aryl methyl sites for hydroxylation is 3. The van der Waals surface area contributed by atoms with Crippen molar-refractivity contribution in [1.82, 2.24) is 13.7 Å². The normalized spacial score (nSPS) is 10.7. The third-order valence-electron chi connectivity index (χ3n) is 9.09. The van der Waals surface area contributed by atoms with Gasteiger partial charge in [-0.15, -0.1) is 0 Å². The maximum atomic E-state index is 13.9. The zero-order valence-electron chi connectivity index (χ0n) is 30.2. The van der Waals surface area contributed by atoms with Crippen molar-refractivity contribution >= 4 is 17.7 Å². The highest BCUT2D eigenvalue weighted by Crippen LogP contribution is 2.36. The Bertz CT molecular complexity index is 2410. The number of rotatable bonds is 6. The molecule has 0 saturated heterocycles. The number of hydrogen-bond acceptors (Lipinski definition) is 3. The van der Waals surface area contributed by atoms with Crippen molar-refractivity contribution in [3.8, 4) is 33.4 Å². The van der Waals surface area contributed by atoms with Crippen LogP contribution in [0.25, 0.3) is 33.4 Å². The fourth-order valence-electron chi connectivity index (χ4n) is 6.24. The highest BCUT2D eigenvalue weighted by atomic mass is 16.2. The summed E-state index contributed by atoms with van der Waals surface area (Å²) in [5.74, 6) is -0.796. The first kappa shape index (κ1) is 35.2. The van der Waals surface area contributed by atoms with Crippen molar-refractivity contribution in [2.45, 2.75) is 0 Å². The molecule has 3 heterocycles. The molecule has 0 aliphatic carbocycles. The smallest absolute Gasteiger partial charge is 0.357 e. The Morgan fingerprint density at radius 2 is 0.611 bits per heavy atom. The summed E-state index contributed by atoms with van der Waals surface area (Å²) < 4.78 is 5.69. The van der Waals surface area contributed by atoms with Crippen molar-refractivity contribution in [2.24, 2.45) is 21.1 Å². The quantitative estimate of drug-likeness (QED) is 0.241.